The third-order valence-corrected chi connectivity index (χ3v) is 4.63. The predicted octanol–water partition coefficient (Wildman–Crippen LogP) is 5.92. The molecule has 1 aromatic heterocycles. The van der Waals surface area contributed by atoms with Crippen LogP contribution in [0.1, 0.15) is 11.1 Å². The fraction of sp³-hybridized carbons (Fsp3) is 0.158. The quantitative estimate of drug-likeness (QED) is 0.467. The Kier molecular flexibility index (Phi) is 5.54. The number of hydrogen-bond acceptors (Lipinski definition) is 4. The molecule has 0 amide bonds. The first-order valence-electron chi connectivity index (χ1n) is 8.01. The van der Waals surface area contributed by atoms with Crippen LogP contribution in [0.3, 0.4) is 0 Å². The number of nitrogens with zero attached hydrogens (tertiary/aromatic N) is 3. The van der Waals surface area contributed by atoms with Crippen molar-refractivity contribution in [1.82, 2.24) is 9.97 Å². The number of hydrogen-bond donors (Lipinski definition) is 1. The molecule has 0 saturated carbocycles. The Morgan fingerprint density at radius 1 is 1.00 bits per heavy atom. The first-order valence-corrected chi connectivity index (χ1v) is 9.09. The zero-order valence-corrected chi connectivity index (χ0v) is 16.7. The van der Waals surface area contributed by atoms with Crippen molar-refractivity contribution in [3.63, 3.8) is 0 Å². The normalized spacial score (nSPS) is 11.3. The van der Waals surface area contributed by atoms with Crippen LogP contribution in [0.15, 0.2) is 54.7 Å². The van der Waals surface area contributed by atoms with Gasteiger partial charge in [0.05, 0.1) is 0 Å². The molecular weight excluding hydrogens is 468 g/mol. The van der Waals surface area contributed by atoms with Gasteiger partial charge in [0.2, 0.25) is 5.95 Å². The second-order valence-electron chi connectivity index (χ2n) is 5.96. The van der Waals surface area contributed by atoms with Gasteiger partial charge in [0.1, 0.15) is 11.4 Å². The molecule has 0 atom stereocenters. The van der Waals surface area contributed by atoms with E-state index >= 15 is 0 Å². The van der Waals surface area contributed by atoms with Crippen LogP contribution in [-0.2, 0) is 6.18 Å². The molecule has 4 nitrogen and oxygen atoms in total. The molecule has 0 spiro atoms. The van der Waals surface area contributed by atoms with Crippen LogP contribution in [0.4, 0.5) is 36.3 Å². The lowest BCUT2D eigenvalue weighted by Gasteiger charge is -2.20. The lowest BCUT2D eigenvalue weighted by molar-refractivity contribution is -0.137. The number of anilines is 4. The lowest BCUT2D eigenvalue weighted by Crippen LogP contribution is -2.17. The predicted molar refractivity (Wildman–Crippen MR) is 109 cm³/mol. The Morgan fingerprint density at radius 3 is 2.22 bits per heavy atom. The number of alkyl halides is 3. The molecule has 0 saturated heterocycles. The topological polar surface area (TPSA) is 41.1 Å². The van der Waals surface area contributed by atoms with Gasteiger partial charge < -0.3 is 10.2 Å². The van der Waals surface area contributed by atoms with Crippen LogP contribution in [0, 0.1) is 10.5 Å². The molecule has 1 heterocycles. The van der Waals surface area contributed by atoms with Crippen molar-refractivity contribution in [3.05, 3.63) is 69.4 Å². The van der Waals surface area contributed by atoms with E-state index in [9.17, 15) is 13.2 Å². The number of rotatable bonds is 4. The highest BCUT2D eigenvalue weighted by Crippen LogP contribution is 2.36. The summed E-state index contributed by atoms with van der Waals surface area (Å²) >= 11 is 2.13. The summed E-state index contributed by atoms with van der Waals surface area (Å²) in [6, 6.07) is 14.6. The average Bonchev–Trinajstić information content (AvgIpc) is 2.63. The SMILES string of the molecule is Cc1ccc(N(C)c2ncc(C(F)(F)F)c(Nc3ccc(I)cc3)n2)cc1. The second-order valence-corrected chi connectivity index (χ2v) is 7.20. The van der Waals surface area contributed by atoms with E-state index in [1.54, 1.807) is 36.2 Å². The fourth-order valence-electron chi connectivity index (χ4n) is 2.39. The molecule has 0 unspecified atom stereocenters. The van der Waals surface area contributed by atoms with Gasteiger partial charge in [0.15, 0.2) is 0 Å². The van der Waals surface area contributed by atoms with Gasteiger partial charge in [-0.1, -0.05) is 17.7 Å². The minimum atomic E-state index is -4.56. The Balaban J connectivity index is 1.99. The molecule has 1 N–H and O–H groups in total. The molecule has 0 aliphatic heterocycles. The van der Waals surface area contributed by atoms with E-state index in [2.05, 4.69) is 37.9 Å². The zero-order chi connectivity index (χ0) is 19.6. The largest absolute Gasteiger partial charge is 0.421 e. The summed E-state index contributed by atoms with van der Waals surface area (Å²) in [5.74, 6) is -0.118. The first kappa shape index (κ1) is 19.4. The maximum Gasteiger partial charge on any atom is 0.421 e. The molecule has 27 heavy (non-hydrogen) atoms. The van der Waals surface area contributed by atoms with Crippen LogP contribution < -0.4 is 10.2 Å². The summed E-state index contributed by atoms with van der Waals surface area (Å²) in [5, 5.41) is 2.76. The summed E-state index contributed by atoms with van der Waals surface area (Å²) in [6.07, 6.45) is -3.76. The van der Waals surface area contributed by atoms with Gasteiger partial charge in [-0.3, -0.25) is 0 Å². The Labute approximate surface area is 168 Å². The van der Waals surface area contributed by atoms with E-state index in [1.165, 1.54) is 0 Å². The van der Waals surface area contributed by atoms with Gasteiger partial charge in [-0.05, 0) is 65.9 Å². The van der Waals surface area contributed by atoms with Crippen molar-refractivity contribution in [1.29, 1.82) is 0 Å². The molecule has 140 valence electrons. The van der Waals surface area contributed by atoms with E-state index < -0.39 is 11.7 Å². The van der Waals surface area contributed by atoms with Crippen LogP contribution in [0.5, 0.6) is 0 Å². The van der Waals surface area contributed by atoms with Crippen LogP contribution in [0.2, 0.25) is 0 Å². The van der Waals surface area contributed by atoms with Crippen molar-refractivity contribution in [2.75, 3.05) is 17.3 Å². The van der Waals surface area contributed by atoms with E-state index in [0.717, 1.165) is 21.0 Å². The molecular formula is C19H16F3IN4. The molecule has 8 heteroatoms. The Hall–Kier alpha value is -2.36. The maximum atomic E-state index is 13.4. The van der Waals surface area contributed by atoms with Crippen molar-refractivity contribution >= 4 is 45.7 Å². The van der Waals surface area contributed by atoms with E-state index in [0.29, 0.717) is 5.69 Å². The van der Waals surface area contributed by atoms with Gasteiger partial charge >= 0.3 is 6.18 Å². The van der Waals surface area contributed by atoms with E-state index in [-0.39, 0.29) is 11.8 Å². The second kappa shape index (κ2) is 7.71. The smallest absolute Gasteiger partial charge is 0.340 e. The highest BCUT2D eigenvalue weighted by Gasteiger charge is 2.35. The summed E-state index contributed by atoms with van der Waals surface area (Å²) in [4.78, 5) is 9.69. The van der Waals surface area contributed by atoms with Gasteiger partial charge in [-0.25, -0.2) is 4.98 Å². The standard InChI is InChI=1S/C19H16F3IN4/c1-12-3-9-15(10-4-12)27(2)18-24-11-16(19(20,21)22)17(26-18)25-14-7-5-13(23)6-8-14/h3-11H,1-2H3,(H,24,25,26). The molecule has 0 radical (unpaired) electrons. The zero-order valence-electron chi connectivity index (χ0n) is 14.5. The van der Waals surface area contributed by atoms with Crippen molar-refractivity contribution < 1.29 is 13.2 Å². The number of aromatic nitrogens is 2. The van der Waals surface area contributed by atoms with Crippen LogP contribution >= 0.6 is 22.6 Å². The molecule has 3 rings (SSSR count). The summed E-state index contributed by atoms with van der Waals surface area (Å²) in [7, 11) is 1.71. The number of aryl methyl sites for hydroxylation is 1. The molecule has 0 bridgehead atoms. The molecule has 0 aliphatic rings. The Bertz CT molecular complexity index is 925. The van der Waals surface area contributed by atoms with Crippen LogP contribution in [0.25, 0.3) is 0 Å². The highest BCUT2D eigenvalue weighted by atomic mass is 127. The highest BCUT2D eigenvalue weighted by molar-refractivity contribution is 14.1. The first-order chi connectivity index (χ1) is 12.7. The fourth-order valence-corrected chi connectivity index (χ4v) is 2.75. The van der Waals surface area contributed by atoms with Crippen LogP contribution in [-0.4, -0.2) is 17.0 Å². The lowest BCUT2D eigenvalue weighted by atomic mass is 10.2. The third kappa shape index (κ3) is 4.68. The van der Waals surface area contributed by atoms with Gasteiger partial charge in [-0.15, -0.1) is 0 Å². The van der Waals surface area contributed by atoms with Crippen molar-refractivity contribution in [2.24, 2.45) is 0 Å². The van der Waals surface area contributed by atoms with Crippen molar-refractivity contribution in [3.8, 4) is 0 Å². The minimum absolute atomic E-state index is 0.167. The van der Waals surface area contributed by atoms with Gasteiger partial charge in [-0.2, -0.15) is 18.2 Å². The number of benzene rings is 2. The maximum absolute atomic E-state index is 13.4. The Morgan fingerprint density at radius 2 is 1.63 bits per heavy atom. The third-order valence-electron chi connectivity index (χ3n) is 3.91. The minimum Gasteiger partial charge on any atom is -0.340 e. The summed E-state index contributed by atoms with van der Waals surface area (Å²) in [5.41, 5.74) is 1.47. The summed E-state index contributed by atoms with van der Waals surface area (Å²) < 4.78 is 41.1. The number of nitrogens with one attached hydrogen (secondary N) is 1. The molecule has 2 aromatic carbocycles. The monoisotopic (exact) mass is 484 g/mol. The van der Waals surface area contributed by atoms with Crippen molar-refractivity contribution in [2.45, 2.75) is 13.1 Å². The average molecular weight is 484 g/mol. The summed E-state index contributed by atoms with van der Waals surface area (Å²) in [6.45, 7) is 1.96. The van der Waals surface area contributed by atoms with E-state index in [4.69, 9.17) is 0 Å². The molecule has 0 aliphatic carbocycles. The van der Waals surface area contributed by atoms with E-state index in [1.807, 2.05) is 31.2 Å². The number of halogens is 4. The molecule has 0 fully saturated rings. The van der Waals surface area contributed by atoms with Gasteiger partial charge in [0, 0.05) is 28.2 Å². The molecule has 3 aromatic rings. The van der Waals surface area contributed by atoms with Gasteiger partial charge in [0.25, 0.3) is 0 Å².